The third-order valence-corrected chi connectivity index (χ3v) is 3.79. The van der Waals surface area contributed by atoms with Crippen molar-refractivity contribution in [1.29, 1.82) is 0 Å². The lowest BCUT2D eigenvalue weighted by atomic mass is 9.85. The minimum Gasteiger partial charge on any atom is -0.463 e. The predicted molar refractivity (Wildman–Crippen MR) is 77.4 cm³/mol. The summed E-state index contributed by atoms with van der Waals surface area (Å²) in [5.41, 5.74) is -0.225. The molecule has 1 saturated carbocycles. The molecule has 0 atom stereocenters. The Labute approximate surface area is 117 Å². The summed E-state index contributed by atoms with van der Waals surface area (Å²) in [7, 11) is 0. The standard InChI is InChI=1S/C17H16O3/c18-16-13(8-11-17(19)9-4-1-5-10-17)12-20-15-7-3-2-6-14(15)16/h2-3,6-7,12,19H,1,4-5,9-10H2. The molecule has 1 aromatic heterocycles. The van der Waals surface area contributed by atoms with Crippen LogP contribution in [0.15, 0.2) is 39.7 Å². The maximum atomic E-state index is 12.3. The Kier molecular flexibility index (Phi) is 3.33. The van der Waals surface area contributed by atoms with Crippen molar-refractivity contribution in [2.45, 2.75) is 37.7 Å². The highest BCUT2D eigenvalue weighted by Crippen LogP contribution is 2.27. The van der Waals surface area contributed by atoms with Crippen LogP contribution in [0.5, 0.6) is 0 Å². The smallest absolute Gasteiger partial charge is 0.208 e. The number of para-hydroxylation sites is 1. The van der Waals surface area contributed by atoms with E-state index >= 15 is 0 Å². The Balaban J connectivity index is 2.00. The first-order valence-electron chi connectivity index (χ1n) is 6.94. The van der Waals surface area contributed by atoms with Crippen LogP contribution in [-0.2, 0) is 0 Å². The molecule has 1 N–H and O–H groups in total. The predicted octanol–water partition coefficient (Wildman–Crippen LogP) is 2.84. The molecule has 0 aliphatic heterocycles. The maximum absolute atomic E-state index is 12.3. The average molecular weight is 268 g/mol. The summed E-state index contributed by atoms with van der Waals surface area (Å²) in [6.07, 6.45) is 5.85. The topological polar surface area (TPSA) is 50.4 Å². The fourth-order valence-corrected chi connectivity index (χ4v) is 2.61. The van der Waals surface area contributed by atoms with Gasteiger partial charge in [0.15, 0.2) is 0 Å². The van der Waals surface area contributed by atoms with Gasteiger partial charge in [0.1, 0.15) is 23.0 Å². The summed E-state index contributed by atoms with van der Waals surface area (Å²) >= 11 is 0. The molecule has 0 bridgehead atoms. The van der Waals surface area contributed by atoms with E-state index in [-0.39, 0.29) is 5.43 Å². The molecule has 3 heteroatoms. The molecule has 1 aliphatic rings. The van der Waals surface area contributed by atoms with Crippen molar-refractivity contribution in [2.24, 2.45) is 0 Å². The Hall–Kier alpha value is -2.05. The average Bonchev–Trinajstić information content (AvgIpc) is 2.48. The Bertz CT molecular complexity index is 740. The second-order valence-electron chi connectivity index (χ2n) is 5.32. The monoisotopic (exact) mass is 268 g/mol. The maximum Gasteiger partial charge on any atom is 0.208 e. The number of hydrogen-bond donors (Lipinski definition) is 1. The van der Waals surface area contributed by atoms with Crippen LogP contribution in [0.4, 0.5) is 0 Å². The fourth-order valence-electron chi connectivity index (χ4n) is 2.61. The summed E-state index contributed by atoms with van der Waals surface area (Å²) in [5, 5.41) is 10.9. The molecule has 102 valence electrons. The van der Waals surface area contributed by atoms with E-state index in [0.29, 0.717) is 29.4 Å². The Morgan fingerprint density at radius 1 is 1.15 bits per heavy atom. The first-order chi connectivity index (χ1) is 9.68. The first-order valence-corrected chi connectivity index (χ1v) is 6.94. The highest BCUT2D eigenvalue weighted by Gasteiger charge is 2.26. The SMILES string of the molecule is O=c1c(C#CC2(O)CCCCC2)coc2ccccc12. The van der Waals surface area contributed by atoms with E-state index in [4.69, 9.17) is 4.42 Å². The molecule has 0 spiro atoms. The summed E-state index contributed by atoms with van der Waals surface area (Å²) in [6.45, 7) is 0. The van der Waals surface area contributed by atoms with Crippen molar-refractivity contribution in [3.63, 3.8) is 0 Å². The molecule has 1 aliphatic carbocycles. The van der Waals surface area contributed by atoms with E-state index in [1.807, 2.05) is 6.07 Å². The quantitative estimate of drug-likeness (QED) is 0.747. The third-order valence-electron chi connectivity index (χ3n) is 3.79. The lowest BCUT2D eigenvalue weighted by molar-refractivity contribution is 0.0610. The van der Waals surface area contributed by atoms with E-state index < -0.39 is 5.60 Å². The summed E-state index contributed by atoms with van der Waals surface area (Å²) in [5.74, 6) is 5.67. The number of benzene rings is 1. The molecule has 1 fully saturated rings. The van der Waals surface area contributed by atoms with Crippen molar-refractivity contribution in [3.8, 4) is 11.8 Å². The van der Waals surface area contributed by atoms with E-state index in [2.05, 4.69) is 11.8 Å². The second kappa shape index (κ2) is 5.15. The van der Waals surface area contributed by atoms with Gasteiger partial charge in [-0.3, -0.25) is 4.79 Å². The molecule has 0 unspecified atom stereocenters. The molecule has 0 amide bonds. The van der Waals surface area contributed by atoms with Gasteiger partial charge in [-0.25, -0.2) is 0 Å². The zero-order valence-electron chi connectivity index (χ0n) is 11.2. The molecule has 2 aromatic rings. The van der Waals surface area contributed by atoms with Gasteiger partial charge < -0.3 is 9.52 Å². The largest absolute Gasteiger partial charge is 0.463 e. The summed E-state index contributed by atoms with van der Waals surface area (Å²) in [6, 6.07) is 7.09. The number of aliphatic hydroxyl groups is 1. The van der Waals surface area contributed by atoms with Crippen molar-refractivity contribution >= 4 is 11.0 Å². The van der Waals surface area contributed by atoms with Crippen LogP contribution in [0.3, 0.4) is 0 Å². The second-order valence-corrected chi connectivity index (χ2v) is 5.32. The summed E-state index contributed by atoms with van der Waals surface area (Å²) in [4.78, 5) is 12.3. The highest BCUT2D eigenvalue weighted by molar-refractivity contribution is 5.77. The van der Waals surface area contributed by atoms with Gasteiger partial charge in [-0.1, -0.05) is 30.4 Å². The van der Waals surface area contributed by atoms with Crippen LogP contribution < -0.4 is 5.43 Å². The van der Waals surface area contributed by atoms with Crippen LogP contribution >= 0.6 is 0 Å². The van der Waals surface area contributed by atoms with Gasteiger partial charge in [-0.05, 0) is 37.8 Å². The van der Waals surface area contributed by atoms with Crippen molar-refractivity contribution in [2.75, 3.05) is 0 Å². The zero-order chi connectivity index (χ0) is 14.0. The highest BCUT2D eigenvalue weighted by atomic mass is 16.3. The molecule has 0 radical (unpaired) electrons. The zero-order valence-corrected chi connectivity index (χ0v) is 11.2. The first kappa shape index (κ1) is 13.0. The molecule has 3 nitrogen and oxygen atoms in total. The van der Waals surface area contributed by atoms with Gasteiger partial charge in [0.05, 0.1) is 5.39 Å². The van der Waals surface area contributed by atoms with Crippen LogP contribution in [0.1, 0.15) is 37.7 Å². The normalized spacial score (nSPS) is 17.4. The van der Waals surface area contributed by atoms with E-state index in [1.165, 1.54) is 6.26 Å². The molecule has 0 saturated heterocycles. The molecule has 20 heavy (non-hydrogen) atoms. The molecular formula is C17H16O3. The lowest BCUT2D eigenvalue weighted by Crippen LogP contribution is -2.29. The van der Waals surface area contributed by atoms with Crippen LogP contribution in [0.2, 0.25) is 0 Å². The van der Waals surface area contributed by atoms with Gasteiger partial charge in [0.2, 0.25) is 5.43 Å². The van der Waals surface area contributed by atoms with Gasteiger partial charge in [-0.2, -0.15) is 0 Å². The number of rotatable bonds is 0. The number of fused-ring (bicyclic) bond motifs is 1. The van der Waals surface area contributed by atoms with Gasteiger partial charge in [0, 0.05) is 0 Å². The van der Waals surface area contributed by atoms with Crippen LogP contribution in [0.25, 0.3) is 11.0 Å². The molecule has 3 rings (SSSR count). The van der Waals surface area contributed by atoms with E-state index in [9.17, 15) is 9.90 Å². The third kappa shape index (κ3) is 2.48. The lowest BCUT2D eigenvalue weighted by Gasteiger charge is -2.26. The van der Waals surface area contributed by atoms with Crippen molar-refractivity contribution in [3.05, 3.63) is 46.3 Å². The van der Waals surface area contributed by atoms with E-state index in [1.54, 1.807) is 18.2 Å². The molecular weight excluding hydrogens is 252 g/mol. The Morgan fingerprint density at radius 2 is 1.90 bits per heavy atom. The minimum atomic E-state index is -0.948. The minimum absolute atomic E-state index is 0.140. The Morgan fingerprint density at radius 3 is 2.70 bits per heavy atom. The van der Waals surface area contributed by atoms with Crippen LogP contribution in [-0.4, -0.2) is 10.7 Å². The number of hydrogen-bond acceptors (Lipinski definition) is 3. The molecule has 1 aromatic carbocycles. The molecule has 1 heterocycles. The van der Waals surface area contributed by atoms with Gasteiger partial charge in [-0.15, -0.1) is 0 Å². The van der Waals surface area contributed by atoms with Crippen molar-refractivity contribution in [1.82, 2.24) is 0 Å². The fraction of sp³-hybridized carbons (Fsp3) is 0.353. The summed E-state index contributed by atoms with van der Waals surface area (Å²) < 4.78 is 5.41. The van der Waals surface area contributed by atoms with Crippen molar-refractivity contribution < 1.29 is 9.52 Å². The van der Waals surface area contributed by atoms with E-state index in [0.717, 1.165) is 19.3 Å². The van der Waals surface area contributed by atoms with Gasteiger partial charge >= 0.3 is 0 Å². The van der Waals surface area contributed by atoms with Crippen LogP contribution in [0, 0.1) is 11.8 Å². The van der Waals surface area contributed by atoms with Gasteiger partial charge in [0.25, 0.3) is 0 Å².